The number of hydrogen-bond donors (Lipinski definition) is 3. The van der Waals surface area contributed by atoms with Crippen molar-refractivity contribution in [2.45, 2.75) is 31.6 Å². The van der Waals surface area contributed by atoms with Crippen molar-refractivity contribution in [3.8, 4) is 0 Å². The summed E-state index contributed by atoms with van der Waals surface area (Å²) in [6.07, 6.45) is 3.14. The van der Waals surface area contributed by atoms with E-state index in [4.69, 9.17) is 5.73 Å². The number of nitrogens with zero attached hydrogens (tertiary/aromatic N) is 3. The zero-order valence-corrected chi connectivity index (χ0v) is 15.2. The second-order valence-electron chi connectivity index (χ2n) is 6.99. The Morgan fingerprint density at radius 1 is 1.21 bits per heavy atom. The summed E-state index contributed by atoms with van der Waals surface area (Å²) >= 11 is 0. The maximum absolute atomic E-state index is 13.9. The molecular formula is C19H21FN6O2. The van der Waals surface area contributed by atoms with Crippen molar-refractivity contribution in [1.29, 1.82) is 0 Å². The summed E-state index contributed by atoms with van der Waals surface area (Å²) < 4.78 is 13.9. The number of piperidine rings is 1. The summed E-state index contributed by atoms with van der Waals surface area (Å²) in [7, 11) is 0. The number of nitrogens with one attached hydrogen (secondary N) is 2. The van der Waals surface area contributed by atoms with Crippen LogP contribution < -0.4 is 21.3 Å². The molecule has 1 atom stereocenters. The topological polar surface area (TPSA) is 113 Å². The van der Waals surface area contributed by atoms with Gasteiger partial charge in [-0.25, -0.2) is 4.39 Å². The number of nitrogens with two attached hydrogens (primary N) is 1. The van der Waals surface area contributed by atoms with E-state index in [1.807, 2.05) is 4.90 Å². The molecule has 2 amide bonds. The molecule has 0 bridgehead atoms. The first-order valence-corrected chi connectivity index (χ1v) is 9.30. The van der Waals surface area contributed by atoms with Crippen LogP contribution in [0.5, 0.6) is 0 Å². The number of halogens is 1. The van der Waals surface area contributed by atoms with Gasteiger partial charge in [0.15, 0.2) is 0 Å². The van der Waals surface area contributed by atoms with Gasteiger partial charge in [-0.15, -0.1) is 0 Å². The maximum Gasteiger partial charge on any atom is 0.232 e. The summed E-state index contributed by atoms with van der Waals surface area (Å²) in [6.45, 7) is 1.65. The average molecular weight is 384 g/mol. The number of carbonyl (C=O) groups is 2. The molecule has 28 heavy (non-hydrogen) atoms. The first-order chi connectivity index (χ1) is 13.5. The third-order valence-electron chi connectivity index (χ3n) is 5.05. The molecule has 9 heteroatoms. The van der Waals surface area contributed by atoms with Crippen LogP contribution in [0.3, 0.4) is 0 Å². The van der Waals surface area contributed by atoms with Crippen LogP contribution >= 0.6 is 0 Å². The van der Waals surface area contributed by atoms with Gasteiger partial charge in [0.25, 0.3) is 0 Å². The Balaban J connectivity index is 1.65. The van der Waals surface area contributed by atoms with E-state index in [1.165, 1.54) is 18.2 Å². The van der Waals surface area contributed by atoms with Gasteiger partial charge in [0.2, 0.25) is 17.8 Å². The van der Waals surface area contributed by atoms with E-state index in [0.29, 0.717) is 11.5 Å². The Morgan fingerprint density at radius 3 is 2.71 bits per heavy atom. The monoisotopic (exact) mass is 384 g/mol. The van der Waals surface area contributed by atoms with E-state index in [1.54, 1.807) is 6.07 Å². The second kappa shape index (κ2) is 7.41. The second-order valence-corrected chi connectivity index (χ2v) is 6.99. The third kappa shape index (κ3) is 3.47. The number of para-hydroxylation sites is 1. The molecule has 4 N–H and O–H groups in total. The Morgan fingerprint density at radius 2 is 1.96 bits per heavy atom. The number of aromatic nitrogens is 2. The molecule has 0 unspecified atom stereocenters. The van der Waals surface area contributed by atoms with Crippen LogP contribution in [0.2, 0.25) is 0 Å². The van der Waals surface area contributed by atoms with E-state index in [2.05, 4.69) is 20.6 Å². The standard InChI is InChI=1S/C19H21FN6O2/c20-12-6-2-3-7-13(12)22-18(28)11-10-14(27)23-17-15(11)16(21)24-19(25-17)26-8-4-1-5-9-26/h2-3,6-7,11H,1,4-5,8-10H2,(H,22,28)(H3,21,23,24,25,27)/t11-/m1/s1. The van der Waals surface area contributed by atoms with E-state index < -0.39 is 17.6 Å². The van der Waals surface area contributed by atoms with Gasteiger partial charge in [-0.3, -0.25) is 9.59 Å². The SMILES string of the molecule is Nc1nc(N2CCCCC2)nc2c1[C@H](C(=O)Nc1ccccc1F)CC(=O)N2. The predicted molar refractivity (Wildman–Crippen MR) is 104 cm³/mol. The summed E-state index contributed by atoms with van der Waals surface area (Å²) in [5, 5.41) is 5.22. The first kappa shape index (κ1) is 18.1. The molecule has 8 nitrogen and oxygen atoms in total. The van der Waals surface area contributed by atoms with Gasteiger partial charge >= 0.3 is 0 Å². The largest absolute Gasteiger partial charge is 0.383 e. The van der Waals surface area contributed by atoms with Crippen LogP contribution in [0, 0.1) is 5.82 Å². The number of benzene rings is 1. The van der Waals surface area contributed by atoms with Crippen molar-refractivity contribution in [3.05, 3.63) is 35.6 Å². The summed E-state index contributed by atoms with van der Waals surface area (Å²) in [4.78, 5) is 35.8. The Hall–Kier alpha value is -3.23. The minimum absolute atomic E-state index is 0.0458. The molecule has 1 saturated heterocycles. The lowest BCUT2D eigenvalue weighted by molar-refractivity contribution is -0.123. The number of rotatable bonds is 3. The molecule has 2 aliphatic rings. The molecule has 1 aromatic carbocycles. The molecule has 2 aromatic rings. The fourth-order valence-corrected chi connectivity index (χ4v) is 3.63. The smallest absolute Gasteiger partial charge is 0.232 e. The molecule has 1 aromatic heterocycles. The van der Waals surface area contributed by atoms with Gasteiger partial charge in [-0.1, -0.05) is 12.1 Å². The number of nitrogen functional groups attached to an aromatic ring is 1. The Kier molecular flexibility index (Phi) is 4.81. The number of carbonyl (C=O) groups excluding carboxylic acids is 2. The van der Waals surface area contributed by atoms with E-state index >= 15 is 0 Å². The summed E-state index contributed by atoms with van der Waals surface area (Å²) in [5.41, 5.74) is 6.58. The number of amides is 2. The summed E-state index contributed by atoms with van der Waals surface area (Å²) in [6, 6.07) is 5.85. The van der Waals surface area contributed by atoms with E-state index in [0.717, 1.165) is 32.4 Å². The van der Waals surface area contributed by atoms with Crippen molar-refractivity contribution < 1.29 is 14.0 Å². The Labute approximate surface area is 161 Å². The lowest BCUT2D eigenvalue weighted by atomic mass is 9.92. The first-order valence-electron chi connectivity index (χ1n) is 9.30. The van der Waals surface area contributed by atoms with E-state index in [-0.39, 0.29) is 29.7 Å². The molecule has 0 spiro atoms. The summed E-state index contributed by atoms with van der Waals surface area (Å²) in [5.74, 6) is -1.46. The van der Waals surface area contributed by atoms with Gasteiger partial charge in [-0.05, 0) is 31.4 Å². The van der Waals surface area contributed by atoms with Gasteiger partial charge in [0.1, 0.15) is 17.5 Å². The normalized spacial score (nSPS) is 19.0. The molecule has 0 saturated carbocycles. The van der Waals surface area contributed by atoms with Crippen molar-refractivity contribution in [2.75, 3.05) is 34.4 Å². The van der Waals surface area contributed by atoms with Crippen molar-refractivity contribution in [1.82, 2.24) is 9.97 Å². The van der Waals surface area contributed by atoms with Crippen LogP contribution in [0.4, 0.5) is 27.7 Å². The molecule has 3 heterocycles. The van der Waals surface area contributed by atoms with Gasteiger partial charge < -0.3 is 21.3 Å². The minimum Gasteiger partial charge on any atom is -0.383 e. The van der Waals surface area contributed by atoms with Crippen LogP contribution in [0.15, 0.2) is 24.3 Å². The maximum atomic E-state index is 13.9. The van der Waals surface area contributed by atoms with E-state index in [9.17, 15) is 14.0 Å². The van der Waals surface area contributed by atoms with Gasteiger partial charge in [-0.2, -0.15) is 9.97 Å². The third-order valence-corrected chi connectivity index (χ3v) is 5.05. The lowest BCUT2D eigenvalue weighted by Crippen LogP contribution is -2.35. The Bertz CT molecular complexity index is 929. The highest BCUT2D eigenvalue weighted by Crippen LogP contribution is 2.37. The zero-order valence-electron chi connectivity index (χ0n) is 15.2. The van der Waals surface area contributed by atoms with Crippen molar-refractivity contribution >= 4 is 35.1 Å². The number of anilines is 4. The molecular weight excluding hydrogens is 363 g/mol. The number of fused-ring (bicyclic) bond motifs is 1. The molecule has 1 fully saturated rings. The number of hydrogen-bond acceptors (Lipinski definition) is 6. The predicted octanol–water partition coefficient (Wildman–Crippen LogP) is 2.25. The van der Waals surface area contributed by atoms with Gasteiger partial charge in [0, 0.05) is 19.5 Å². The highest BCUT2D eigenvalue weighted by atomic mass is 19.1. The quantitative estimate of drug-likeness (QED) is 0.748. The molecule has 4 rings (SSSR count). The molecule has 0 radical (unpaired) electrons. The van der Waals surface area contributed by atoms with Crippen molar-refractivity contribution in [2.24, 2.45) is 0 Å². The molecule has 0 aliphatic carbocycles. The van der Waals surface area contributed by atoms with Crippen LogP contribution in [-0.2, 0) is 9.59 Å². The average Bonchev–Trinajstić information content (AvgIpc) is 2.69. The molecule has 2 aliphatic heterocycles. The molecule has 146 valence electrons. The fraction of sp³-hybridized carbons (Fsp3) is 0.368. The highest BCUT2D eigenvalue weighted by Gasteiger charge is 2.35. The van der Waals surface area contributed by atoms with Crippen LogP contribution in [0.1, 0.15) is 37.2 Å². The van der Waals surface area contributed by atoms with Crippen molar-refractivity contribution in [3.63, 3.8) is 0 Å². The van der Waals surface area contributed by atoms with Crippen LogP contribution in [-0.4, -0.2) is 34.9 Å². The zero-order chi connectivity index (χ0) is 19.7. The van der Waals surface area contributed by atoms with Gasteiger partial charge in [0.05, 0.1) is 17.2 Å². The lowest BCUT2D eigenvalue weighted by Gasteiger charge is -2.30. The highest BCUT2D eigenvalue weighted by molar-refractivity contribution is 6.05. The van der Waals surface area contributed by atoms with Crippen LogP contribution in [0.25, 0.3) is 0 Å². The minimum atomic E-state index is -0.890. The fourth-order valence-electron chi connectivity index (χ4n) is 3.63.